The van der Waals surface area contributed by atoms with Crippen LogP contribution >= 0.6 is 11.6 Å². The summed E-state index contributed by atoms with van der Waals surface area (Å²) >= 11 is 6.03. The van der Waals surface area contributed by atoms with E-state index in [9.17, 15) is 4.39 Å². The van der Waals surface area contributed by atoms with Gasteiger partial charge in [-0.3, -0.25) is 4.57 Å². The molecule has 0 amide bonds. The van der Waals surface area contributed by atoms with Gasteiger partial charge in [-0.2, -0.15) is 0 Å². The lowest BCUT2D eigenvalue weighted by Gasteiger charge is -2.13. The Balaban J connectivity index is 1.69. The van der Waals surface area contributed by atoms with Crippen LogP contribution < -0.4 is 0 Å². The molecule has 1 aliphatic carbocycles. The van der Waals surface area contributed by atoms with Crippen molar-refractivity contribution in [2.45, 2.75) is 19.4 Å². The summed E-state index contributed by atoms with van der Waals surface area (Å²) in [6, 6.07) is 14.1. The molecule has 26 heavy (non-hydrogen) atoms. The maximum Gasteiger partial charge on any atom is 0.144 e. The summed E-state index contributed by atoms with van der Waals surface area (Å²) in [4.78, 5) is 7.16. The molecule has 1 aromatic heterocycles. The minimum Gasteiger partial charge on any atom is -0.300 e. The summed E-state index contributed by atoms with van der Waals surface area (Å²) < 4.78 is 15.4. The van der Waals surface area contributed by atoms with Gasteiger partial charge in [0.25, 0.3) is 0 Å². The molecule has 134 valence electrons. The molecule has 0 N–H and O–H groups in total. The second kappa shape index (κ2) is 7.22. The Bertz CT molecular complexity index is 820. The van der Waals surface area contributed by atoms with Gasteiger partial charge in [0.15, 0.2) is 0 Å². The van der Waals surface area contributed by atoms with Crippen molar-refractivity contribution in [1.82, 2.24) is 14.5 Å². The summed E-state index contributed by atoms with van der Waals surface area (Å²) in [7, 11) is 2.14. The molecule has 0 spiro atoms. The van der Waals surface area contributed by atoms with Crippen LogP contribution in [0.25, 0.3) is 17.1 Å². The van der Waals surface area contributed by atoms with Crippen LogP contribution in [-0.2, 0) is 6.54 Å². The average Bonchev–Trinajstić information content (AvgIpc) is 3.34. The summed E-state index contributed by atoms with van der Waals surface area (Å²) in [5.74, 6) is 1.40. The minimum absolute atomic E-state index is 0.247. The van der Waals surface area contributed by atoms with Gasteiger partial charge in [-0.15, -0.1) is 0 Å². The van der Waals surface area contributed by atoms with E-state index in [4.69, 9.17) is 16.6 Å². The highest BCUT2D eigenvalue weighted by Crippen LogP contribution is 2.30. The average molecular weight is 370 g/mol. The van der Waals surface area contributed by atoms with Crippen LogP contribution in [0.15, 0.2) is 54.7 Å². The fourth-order valence-corrected chi connectivity index (χ4v) is 3.31. The van der Waals surface area contributed by atoms with Gasteiger partial charge in [-0.1, -0.05) is 11.6 Å². The molecular weight excluding hydrogens is 349 g/mol. The zero-order valence-corrected chi connectivity index (χ0v) is 15.5. The number of hydrogen-bond acceptors (Lipinski definition) is 2. The van der Waals surface area contributed by atoms with Crippen molar-refractivity contribution in [2.24, 2.45) is 5.92 Å². The topological polar surface area (TPSA) is 21.1 Å². The van der Waals surface area contributed by atoms with Crippen molar-refractivity contribution < 1.29 is 4.39 Å². The number of halogens is 2. The third-order valence-corrected chi connectivity index (χ3v) is 4.91. The molecule has 0 unspecified atom stereocenters. The van der Waals surface area contributed by atoms with E-state index in [0.717, 1.165) is 41.8 Å². The lowest BCUT2D eigenvalue weighted by molar-refractivity contribution is 0.310. The summed E-state index contributed by atoms with van der Waals surface area (Å²) in [6.07, 6.45) is 4.74. The number of nitrogens with zero attached hydrogens (tertiary/aromatic N) is 3. The Morgan fingerprint density at radius 3 is 2.46 bits per heavy atom. The van der Waals surface area contributed by atoms with Gasteiger partial charge in [0.1, 0.15) is 11.6 Å². The molecule has 0 bridgehead atoms. The first-order valence-electron chi connectivity index (χ1n) is 8.87. The van der Waals surface area contributed by atoms with E-state index in [1.165, 1.54) is 25.0 Å². The van der Waals surface area contributed by atoms with E-state index in [2.05, 4.69) is 18.1 Å². The fraction of sp³-hybridized carbons (Fsp3) is 0.286. The molecule has 0 aliphatic heterocycles. The van der Waals surface area contributed by atoms with Crippen LogP contribution in [0, 0.1) is 11.7 Å². The van der Waals surface area contributed by atoms with Crippen LogP contribution in [0.1, 0.15) is 18.5 Å². The number of rotatable bonds is 6. The van der Waals surface area contributed by atoms with Crippen LogP contribution in [0.4, 0.5) is 4.39 Å². The van der Waals surface area contributed by atoms with Gasteiger partial charge in [0.05, 0.1) is 5.69 Å². The summed E-state index contributed by atoms with van der Waals surface area (Å²) in [6.45, 7) is 1.91. The predicted molar refractivity (Wildman–Crippen MR) is 103 cm³/mol. The standard InChI is InChI=1S/C21H21ClFN3/c1-25(12-15-2-3-15)13-19-14-26(20-10-6-17(22)7-11-20)21(24-19)16-4-8-18(23)9-5-16/h4-11,14-15H,2-3,12-13H2,1H3. The van der Waals surface area contributed by atoms with Crippen molar-refractivity contribution >= 4 is 11.6 Å². The van der Waals surface area contributed by atoms with Crippen LogP contribution in [0.2, 0.25) is 5.02 Å². The van der Waals surface area contributed by atoms with Crippen molar-refractivity contribution in [3.8, 4) is 17.1 Å². The van der Waals surface area contributed by atoms with Crippen LogP contribution in [0.5, 0.6) is 0 Å². The van der Waals surface area contributed by atoms with Gasteiger partial charge in [-0.25, -0.2) is 9.37 Å². The van der Waals surface area contributed by atoms with Crippen molar-refractivity contribution in [3.05, 3.63) is 71.3 Å². The highest BCUT2D eigenvalue weighted by molar-refractivity contribution is 6.30. The zero-order chi connectivity index (χ0) is 18.1. The maximum absolute atomic E-state index is 13.3. The quantitative estimate of drug-likeness (QED) is 0.597. The first-order valence-corrected chi connectivity index (χ1v) is 9.25. The Hall–Kier alpha value is -2.17. The smallest absolute Gasteiger partial charge is 0.144 e. The lowest BCUT2D eigenvalue weighted by Crippen LogP contribution is -2.20. The molecule has 3 nitrogen and oxygen atoms in total. The molecule has 3 aromatic rings. The van der Waals surface area contributed by atoms with E-state index < -0.39 is 0 Å². The molecule has 0 atom stereocenters. The molecule has 1 aliphatic rings. The Kier molecular flexibility index (Phi) is 4.79. The number of benzene rings is 2. The number of imidazole rings is 1. The molecule has 0 saturated heterocycles. The molecule has 4 rings (SSSR count). The van der Waals surface area contributed by atoms with Gasteiger partial charge < -0.3 is 4.90 Å². The Morgan fingerprint density at radius 1 is 1.12 bits per heavy atom. The van der Waals surface area contributed by atoms with E-state index in [-0.39, 0.29) is 5.82 Å². The zero-order valence-electron chi connectivity index (χ0n) is 14.7. The Labute approximate surface area is 158 Å². The highest BCUT2D eigenvalue weighted by Gasteiger charge is 2.23. The van der Waals surface area contributed by atoms with Crippen LogP contribution in [-0.4, -0.2) is 28.0 Å². The number of aromatic nitrogens is 2. The maximum atomic E-state index is 13.3. The Morgan fingerprint density at radius 2 is 1.81 bits per heavy atom. The van der Waals surface area contributed by atoms with Crippen molar-refractivity contribution in [2.75, 3.05) is 13.6 Å². The SMILES string of the molecule is CN(Cc1cn(-c2ccc(Cl)cc2)c(-c2ccc(F)cc2)n1)CC1CC1. The highest BCUT2D eigenvalue weighted by atomic mass is 35.5. The van der Waals surface area contributed by atoms with Crippen LogP contribution in [0.3, 0.4) is 0 Å². The molecule has 2 aromatic carbocycles. The predicted octanol–water partition coefficient (Wildman–Crippen LogP) is 5.17. The molecule has 0 radical (unpaired) electrons. The third kappa shape index (κ3) is 3.97. The third-order valence-electron chi connectivity index (χ3n) is 4.66. The molecule has 1 saturated carbocycles. The fourth-order valence-electron chi connectivity index (χ4n) is 3.19. The second-order valence-electron chi connectivity index (χ2n) is 7.05. The molecule has 5 heteroatoms. The first kappa shape index (κ1) is 17.3. The largest absolute Gasteiger partial charge is 0.300 e. The van der Waals surface area contributed by atoms with Crippen molar-refractivity contribution in [1.29, 1.82) is 0 Å². The van der Waals surface area contributed by atoms with Gasteiger partial charge in [0, 0.05) is 35.6 Å². The van der Waals surface area contributed by atoms with E-state index >= 15 is 0 Å². The number of hydrogen-bond donors (Lipinski definition) is 0. The molecule has 1 heterocycles. The van der Waals surface area contributed by atoms with E-state index in [0.29, 0.717) is 5.02 Å². The van der Waals surface area contributed by atoms with Crippen molar-refractivity contribution in [3.63, 3.8) is 0 Å². The normalized spacial score (nSPS) is 14.2. The van der Waals surface area contributed by atoms with Gasteiger partial charge in [-0.05, 0) is 74.3 Å². The first-order chi connectivity index (χ1) is 12.6. The summed E-state index contributed by atoms with van der Waals surface area (Å²) in [5, 5.41) is 0.696. The van der Waals surface area contributed by atoms with E-state index in [1.54, 1.807) is 12.1 Å². The van der Waals surface area contributed by atoms with Gasteiger partial charge >= 0.3 is 0 Å². The second-order valence-corrected chi connectivity index (χ2v) is 7.49. The summed E-state index contributed by atoms with van der Waals surface area (Å²) in [5.41, 5.74) is 2.87. The minimum atomic E-state index is -0.247. The molecule has 1 fully saturated rings. The van der Waals surface area contributed by atoms with Gasteiger partial charge in [0.2, 0.25) is 0 Å². The monoisotopic (exact) mass is 369 g/mol. The lowest BCUT2D eigenvalue weighted by atomic mass is 10.2. The molecular formula is C21H21ClFN3. The van der Waals surface area contributed by atoms with E-state index in [1.807, 2.05) is 28.8 Å².